The van der Waals surface area contributed by atoms with Gasteiger partial charge in [0, 0.05) is 11.6 Å². The molecule has 2 radical (unpaired) electrons. The van der Waals surface area contributed by atoms with Gasteiger partial charge in [-0.25, -0.2) is 23.1 Å². The van der Waals surface area contributed by atoms with E-state index in [-0.39, 0.29) is 26.5 Å². The zero-order valence-electron chi connectivity index (χ0n) is 19.1. The Morgan fingerprint density at radius 3 is 1.91 bits per heavy atom. The second-order valence-corrected chi connectivity index (χ2v) is 6.98. The average molecular weight is 534 g/mol. The van der Waals surface area contributed by atoms with Crippen LogP contribution in [0.1, 0.15) is 27.7 Å². The second kappa shape index (κ2) is 13.2. The minimum absolute atomic E-state index is 0. The molecule has 1 aliphatic rings. The van der Waals surface area contributed by atoms with Crippen LogP contribution in [0.25, 0.3) is 21.9 Å². The molecule has 3 aromatic rings. The van der Waals surface area contributed by atoms with Gasteiger partial charge >= 0.3 is 30.2 Å². The summed E-state index contributed by atoms with van der Waals surface area (Å²) in [6, 6.07) is 10.2. The third kappa shape index (κ3) is 6.23. The molecule has 0 amide bonds. The molecule has 0 aromatic heterocycles. The fourth-order valence-electron chi connectivity index (χ4n) is 3.34. The summed E-state index contributed by atoms with van der Waals surface area (Å²) in [5.41, 5.74) is 3.72. The summed E-state index contributed by atoms with van der Waals surface area (Å²) in [6.07, 6.45) is 3.36. The average Bonchev–Trinajstić information content (AvgIpc) is 3.26. The van der Waals surface area contributed by atoms with Crippen molar-refractivity contribution in [3.63, 3.8) is 0 Å². The molecule has 1 unspecified atom stereocenters. The van der Waals surface area contributed by atoms with Gasteiger partial charge in [-0.1, -0.05) is 32.8 Å². The fourth-order valence-corrected chi connectivity index (χ4v) is 3.34. The van der Waals surface area contributed by atoms with E-state index in [2.05, 4.69) is 40.7 Å². The van der Waals surface area contributed by atoms with Crippen molar-refractivity contribution in [1.82, 2.24) is 0 Å². The Morgan fingerprint density at radius 2 is 1.47 bits per heavy atom. The topological polar surface area (TPSA) is 0 Å². The molecule has 0 bridgehead atoms. The van der Waals surface area contributed by atoms with Crippen LogP contribution in [0.4, 0.5) is 17.6 Å². The Kier molecular flexibility index (Phi) is 12.5. The van der Waals surface area contributed by atoms with E-state index in [9.17, 15) is 17.6 Å². The van der Waals surface area contributed by atoms with Gasteiger partial charge in [0.1, 0.15) is 0 Å². The van der Waals surface area contributed by atoms with Crippen molar-refractivity contribution >= 4 is 17.7 Å². The monoisotopic (exact) mass is 532 g/mol. The van der Waals surface area contributed by atoms with E-state index in [1.54, 1.807) is 30.3 Å². The third-order valence-electron chi connectivity index (χ3n) is 5.30. The first-order valence-electron chi connectivity index (χ1n) is 9.23. The number of allylic oxidation sites excluding steroid dienone is 4. The second-order valence-electron chi connectivity index (χ2n) is 6.98. The van der Waals surface area contributed by atoms with Crippen molar-refractivity contribution in [2.45, 2.75) is 27.7 Å². The van der Waals surface area contributed by atoms with Gasteiger partial charge in [-0.3, -0.25) is 6.08 Å². The number of hydrogen-bond donors (Lipinski definition) is 0. The standard InChI is InChI=1S/C15H7F4.C9H13.2CH3.Si.Zr/c16-11-7-12(17)15(19)13(14(11)18)10-6-5-8-3-1-2-4-9(8)10;1-6-5-7(2)9(4)8(6)3;;;;/h1-7H;6H,1-4H3;2*1H3;;/q4*-1;;. The van der Waals surface area contributed by atoms with Crippen LogP contribution in [0.2, 0.25) is 0 Å². The molecule has 1 aliphatic carbocycles. The summed E-state index contributed by atoms with van der Waals surface area (Å²) in [4.78, 5) is 0. The Balaban J connectivity index is 0.000000632. The van der Waals surface area contributed by atoms with E-state index in [0.717, 1.165) is 5.39 Å². The van der Waals surface area contributed by atoms with Crippen molar-refractivity contribution in [1.29, 1.82) is 0 Å². The van der Waals surface area contributed by atoms with Gasteiger partial charge in [0.2, 0.25) is 0 Å². The summed E-state index contributed by atoms with van der Waals surface area (Å²) in [7, 11) is 0. The van der Waals surface area contributed by atoms with Gasteiger partial charge in [0.15, 0.2) is 23.3 Å². The maximum absolute atomic E-state index is 13.8. The number of benzene rings is 2. The van der Waals surface area contributed by atoms with Gasteiger partial charge in [-0.05, 0) is 0 Å². The van der Waals surface area contributed by atoms with Crippen LogP contribution in [0, 0.1) is 50.1 Å². The molecule has 0 nitrogen and oxygen atoms in total. The van der Waals surface area contributed by atoms with Crippen molar-refractivity contribution < 1.29 is 40.9 Å². The predicted octanol–water partition coefficient (Wildman–Crippen LogP) is 8.02. The van der Waals surface area contributed by atoms with Gasteiger partial charge in [-0.15, -0.1) is 53.6 Å². The molecule has 0 aliphatic heterocycles. The molecule has 3 aromatic carbocycles. The molecule has 4 rings (SSSR count). The minimum atomic E-state index is -1.40. The Labute approximate surface area is 206 Å². The first-order chi connectivity index (χ1) is 14.2. The summed E-state index contributed by atoms with van der Waals surface area (Å²) < 4.78 is 54.0. The number of hydrogen-bond acceptors (Lipinski definition) is 0. The Bertz CT molecular complexity index is 1100. The molecule has 0 saturated heterocycles. The molecule has 0 N–H and O–H groups in total. The molecule has 0 saturated carbocycles. The zero-order valence-corrected chi connectivity index (χ0v) is 22.6. The molecule has 32 heavy (non-hydrogen) atoms. The molecule has 1 atom stereocenters. The van der Waals surface area contributed by atoms with Gasteiger partial charge in [0.25, 0.3) is 0 Å². The normalized spacial score (nSPS) is 14.3. The van der Waals surface area contributed by atoms with Crippen LogP contribution < -0.4 is 0 Å². The van der Waals surface area contributed by atoms with Crippen molar-refractivity contribution in [2.24, 2.45) is 5.92 Å². The van der Waals surface area contributed by atoms with Crippen LogP contribution in [-0.2, 0) is 23.3 Å². The summed E-state index contributed by atoms with van der Waals surface area (Å²) >= 11 is 1.36. The molecule has 170 valence electrons. The Hall–Kier alpha value is -1.65. The van der Waals surface area contributed by atoms with E-state index in [1.807, 2.05) is 0 Å². The zero-order chi connectivity index (χ0) is 22.6. The molecule has 6 heteroatoms. The molecule has 0 spiro atoms. The number of halogens is 4. The molecule has 0 fully saturated rings. The van der Waals surface area contributed by atoms with E-state index < -0.39 is 28.8 Å². The van der Waals surface area contributed by atoms with Gasteiger partial charge < -0.3 is 14.9 Å². The van der Waals surface area contributed by atoms with Gasteiger partial charge in [-0.2, -0.15) is 11.1 Å². The van der Waals surface area contributed by atoms with Crippen LogP contribution in [0.15, 0.2) is 59.2 Å². The molecular formula is C26H26F4SiZr-4. The quantitative estimate of drug-likeness (QED) is 0.129. The van der Waals surface area contributed by atoms with Crippen LogP contribution in [-0.4, -0.2) is 6.88 Å². The first-order valence-corrected chi connectivity index (χ1v) is 13.4. The fraction of sp³-hybridized carbons (Fsp3) is 0.192. The van der Waals surface area contributed by atoms with E-state index in [4.69, 9.17) is 0 Å². The summed E-state index contributed by atoms with van der Waals surface area (Å²) in [5, 5.41) is 1.30. The van der Waals surface area contributed by atoms with Crippen molar-refractivity contribution in [3.05, 3.63) is 103 Å². The predicted molar refractivity (Wildman–Crippen MR) is 123 cm³/mol. The maximum atomic E-state index is 13.8. The summed E-state index contributed by atoms with van der Waals surface area (Å²) in [5.74, 6) is -5.01. The number of rotatable bonds is 1. The van der Waals surface area contributed by atoms with Crippen LogP contribution in [0.3, 0.4) is 0 Å². The van der Waals surface area contributed by atoms with E-state index >= 15 is 0 Å². The van der Waals surface area contributed by atoms with Gasteiger partial charge in [0.05, 0.1) is 0 Å². The third-order valence-corrected chi connectivity index (χ3v) is 5.30. The number of fused-ring (bicyclic) bond motifs is 1. The SMILES string of the molecule is CC1=[C-]C(C)C(C)=C1C.Fc1cc(F)c(F)c(-c2c[cH-]c3ccccc23)c1F.[CH3-].[CH3-].[Si]=[Zr]. The summed E-state index contributed by atoms with van der Waals surface area (Å²) in [6.45, 7) is 11.7. The van der Waals surface area contributed by atoms with Crippen molar-refractivity contribution in [3.8, 4) is 11.1 Å². The van der Waals surface area contributed by atoms with Crippen LogP contribution >= 0.6 is 0 Å². The van der Waals surface area contributed by atoms with E-state index in [1.165, 1.54) is 46.1 Å². The Morgan fingerprint density at radius 1 is 0.938 bits per heavy atom. The van der Waals surface area contributed by atoms with Crippen molar-refractivity contribution in [2.75, 3.05) is 0 Å². The van der Waals surface area contributed by atoms with Crippen LogP contribution in [0.5, 0.6) is 0 Å². The first kappa shape index (κ1) is 30.4. The molecule has 0 heterocycles. The van der Waals surface area contributed by atoms with E-state index in [0.29, 0.717) is 11.3 Å². The molecular weight excluding hydrogens is 508 g/mol.